The first kappa shape index (κ1) is 47.6. The van der Waals surface area contributed by atoms with Crippen molar-refractivity contribution in [3.05, 3.63) is 83.9 Å². The van der Waals surface area contributed by atoms with Crippen LogP contribution in [0.25, 0.3) is 21.5 Å². The van der Waals surface area contributed by atoms with Gasteiger partial charge in [-0.05, 0) is 82.6 Å². The van der Waals surface area contributed by atoms with E-state index in [0.717, 1.165) is 47.2 Å². The number of hydrogen-bond donors (Lipinski definition) is 0. The van der Waals surface area contributed by atoms with Crippen molar-refractivity contribution in [2.75, 3.05) is 0 Å². The van der Waals surface area contributed by atoms with Gasteiger partial charge in [0.15, 0.2) is 0 Å². The van der Waals surface area contributed by atoms with E-state index in [0.29, 0.717) is 0 Å². The van der Waals surface area contributed by atoms with Gasteiger partial charge in [-0.15, -0.1) is 0 Å². The van der Waals surface area contributed by atoms with Crippen molar-refractivity contribution < 1.29 is 25.9 Å². The van der Waals surface area contributed by atoms with Gasteiger partial charge in [0.05, 0.1) is 9.79 Å². The zero-order valence-electron chi connectivity index (χ0n) is 32.5. The van der Waals surface area contributed by atoms with E-state index in [2.05, 4.69) is 26.0 Å². The molecule has 0 unspecified atom stereocenters. The molecule has 0 aliphatic carbocycles. The fourth-order valence-corrected chi connectivity index (χ4v) is 8.02. The van der Waals surface area contributed by atoms with Crippen LogP contribution in [0.2, 0.25) is 0 Å². The van der Waals surface area contributed by atoms with Crippen LogP contribution in [0.4, 0.5) is 0 Å². The van der Waals surface area contributed by atoms with Crippen LogP contribution >= 0.6 is 0 Å². The van der Waals surface area contributed by atoms with E-state index in [-0.39, 0.29) is 47.5 Å². The summed E-state index contributed by atoms with van der Waals surface area (Å²) in [6.45, 7) is 4.50. The zero-order chi connectivity index (χ0) is 37.7. The maximum absolute atomic E-state index is 11.2. The summed E-state index contributed by atoms with van der Waals surface area (Å²) in [6, 6.07) is 21.2. The summed E-state index contributed by atoms with van der Waals surface area (Å²) in [6.07, 6.45) is 28.3. The molecule has 0 aliphatic heterocycles. The molecule has 0 saturated carbocycles. The van der Waals surface area contributed by atoms with Gasteiger partial charge in [0.25, 0.3) is 0 Å². The minimum atomic E-state index is -4.39. The molecule has 0 atom stereocenters. The van der Waals surface area contributed by atoms with Crippen molar-refractivity contribution in [1.29, 1.82) is 0 Å². The Morgan fingerprint density at radius 1 is 0.415 bits per heavy atom. The average molecular weight is 791 g/mol. The van der Waals surface area contributed by atoms with Crippen LogP contribution < -0.4 is 0 Å². The second kappa shape index (κ2) is 26.4. The summed E-state index contributed by atoms with van der Waals surface area (Å²) in [4.78, 5) is -0.304. The first-order chi connectivity index (χ1) is 25.0. The minimum absolute atomic E-state index is 0. The molecule has 0 heterocycles. The van der Waals surface area contributed by atoms with Gasteiger partial charge in [-0.25, -0.2) is 16.8 Å². The molecule has 53 heavy (non-hydrogen) atoms. The van der Waals surface area contributed by atoms with Crippen LogP contribution in [-0.2, 0) is 33.1 Å². The molecular weight excluding hydrogens is 729 g/mol. The molecule has 0 saturated heterocycles. The van der Waals surface area contributed by atoms with Crippen molar-refractivity contribution in [3.8, 4) is 0 Å². The Morgan fingerprint density at radius 2 is 0.717 bits per heavy atom. The Kier molecular flexibility index (Phi) is 23.7. The molecule has 4 aromatic carbocycles. The topological polar surface area (TPSA) is 114 Å². The second-order valence-corrected chi connectivity index (χ2v) is 17.1. The van der Waals surface area contributed by atoms with Crippen molar-refractivity contribution in [2.24, 2.45) is 0 Å². The average Bonchev–Trinajstić information content (AvgIpc) is 3.12. The summed E-state index contributed by atoms with van der Waals surface area (Å²) < 4.78 is 67.1. The normalized spacial score (nSPS) is 11.7. The molecule has 0 N–H and O–H groups in total. The van der Waals surface area contributed by atoms with Crippen molar-refractivity contribution >= 4 is 79.5 Å². The first-order valence-electron chi connectivity index (χ1n) is 20.0. The second-order valence-electron chi connectivity index (χ2n) is 14.4. The molecule has 0 aliphatic rings. The molecule has 0 aromatic heterocycles. The Bertz CT molecular complexity index is 1700. The quantitative estimate of drug-likeness (QED) is 0.0396. The number of benzene rings is 4. The summed E-state index contributed by atoms with van der Waals surface area (Å²) in [5.74, 6) is 0. The molecule has 4 aromatic rings. The van der Waals surface area contributed by atoms with Gasteiger partial charge < -0.3 is 9.11 Å². The number of unbranched alkanes of at least 4 members (excludes halogenated alkanes) is 18. The molecule has 0 amide bonds. The molecule has 0 fully saturated rings. The molecule has 6 nitrogen and oxygen atoms in total. The number of aryl methyl sites for hydroxylation is 2. The largest absolute Gasteiger partial charge is 2.00 e. The van der Waals surface area contributed by atoms with E-state index in [1.54, 1.807) is 12.1 Å². The van der Waals surface area contributed by atoms with Gasteiger partial charge in [0, 0.05) is 0 Å². The molecule has 9 heteroatoms. The SMILES string of the molecule is CCCCCCCCCCCCc1cccc2cc(S(=O)(=O)[O-])ccc12.CCCCCCCCCCCCc1cccc2cc(S(=O)(=O)[O-])ccc12.[Ca+2]. The Balaban J connectivity index is 0.000000360. The summed E-state index contributed by atoms with van der Waals surface area (Å²) in [5, 5.41) is 3.75. The van der Waals surface area contributed by atoms with E-state index in [4.69, 9.17) is 0 Å². The maximum atomic E-state index is 11.2. The van der Waals surface area contributed by atoms with Gasteiger partial charge in [-0.2, -0.15) is 0 Å². The summed E-state index contributed by atoms with van der Waals surface area (Å²) >= 11 is 0. The summed E-state index contributed by atoms with van der Waals surface area (Å²) in [7, 11) is -8.79. The van der Waals surface area contributed by atoms with Gasteiger partial charge >= 0.3 is 37.7 Å². The zero-order valence-corrected chi connectivity index (χ0v) is 36.3. The van der Waals surface area contributed by atoms with Gasteiger partial charge in [-0.3, -0.25) is 0 Å². The van der Waals surface area contributed by atoms with Gasteiger partial charge in [0.1, 0.15) is 20.2 Å². The standard InChI is InChI=1S/2C22H32O3S.Ca/c2*1-2-3-4-5-6-7-8-9-10-11-13-19-14-12-15-20-18-21(26(23,24)25)16-17-22(19)20;/h2*12,14-18H,2-11,13H2,1H3,(H,23,24,25);/q;;+2/p-2. The third kappa shape index (κ3) is 18.3. The first-order valence-corrected chi connectivity index (χ1v) is 22.8. The van der Waals surface area contributed by atoms with Crippen LogP contribution in [0, 0.1) is 0 Å². The van der Waals surface area contributed by atoms with Crippen LogP contribution in [0.15, 0.2) is 82.6 Å². The Hall–Kier alpha value is -1.52. The Labute approximate surface area is 351 Å². The number of hydrogen-bond acceptors (Lipinski definition) is 6. The van der Waals surface area contributed by atoms with Crippen molar-refractivity contribution in [3.63, 3.8) is 0 Å². The minimum Gasteiger partial charge on any atom is -0.744 e. The predicted molar refractivity (Wildman–Crippen MR) is 221 cm³/mol. The smallest absolute Gasteiger partial charge is 0.744 e. The molecular formula is C44H62CaO6S2. The predicted octanol–water partition coefficient (Wildman–Crippen LogP) is 12.0. The van der Waals surface area contributed by atoms with Crippen molar-refractivity contribution in [1.82, 2.24) is 0 Å². The molecule has 288 valence electrons. The Morgan fingerprint density at radius 3 is 1.02 bits per heavy atom. The fraction of sp³-hybridized carbons (Fsp3) is 0.545. The van der Waals surface area contributed by atoms with E-state index in [1.165, 1.54) is 151 Å². The van der Waals surface area contributed by atoms with Crippen LogP contribution in [-0.4, -0.2) is 63.7 Å². The van der Waals surface area contributed by atoms with E-state index in [1.807, 2.05) is 24.3 Å². The maximum Gasteiger partial charge on any atom is 2.00 e. The van der Waals surface area contributed by atoms with Gasteiger partial charge in [0.2, 0.25) is 0 Å². The van der Waals surface area contributed by atoms with E-state index >= 15 is 0 Å². The third-order valence-corrected chi connectivity index (χ3v) is 11.7. The molecule has 0 radical (unpaired) electrons. The van der Waals surface area contributed by atoms with Crippen LogP contribution in [0.3, 0.4) is 0 Å². The molecule has 0 bridgehead atoms. The number of rotatable bonds is 24. The van der Waals surface area contributed by atoms with E-state index in [9.17, 15) is 25.9 Å². The monoisotopic (exact) mass is 790 g/mol. The number of fused-ring (bicyclic) bond motifs is 2. The molecule has 0 spiro atoms. The van der Waals surface area contributed by atoms with E-state index < -0.39 is 20.2 Å². The van der Waals surface area contributed by atoms with Crippen molar-refractivity contribution in [2.45, 2.75) is 165 Å². The fourth-order valence-electron chi connectivity index (χ4n) is 7.01. The van der Waals surface area contributed by atoms with Gasteiger partial charge in [-0.1, -0.05) is 178 Å². The van der Waals surface area contributed by atoms with Crippen LogP contribution in [0.5, 0.6) is 0 Å². The van der Waals surface area contributed by atoms with Crippen LogP contribution in [0.1, 0.15) is 153 Å². The third-order valence-electron chi connectivity index (χ3n) is 10.1. The summed E-state index contributed by atoms with van der Waals surface area (Å²) in [5.41, 5.74) is 2.47. The molecule has 4 rings (SSSR count).